The number of allylic oxidation sites excluding steroid dienone is 5. The van der Waals surface area contributed by atoms with Gasteiger partial charge in [0, 0.05) is 12.5 Å². The Labute approximate surface area is 161 Å². The zero-order valence-corrected chi connectivity index (χ0v) is 16.4. The van der Waals surface area contributed by atoms with Crippen LogP contribution in [-0.4, -0.2) is 24.4 Å². The van der Waals surface area contributed by atoms with Gasteiger partial charge >= 0.3 is 0 Å². The van der Waals surface area contributed by atoms with Crippen LogP contribution in [0.15, 0.2) is 53.6 Å². The Hall–Kier alpha value is -1.91. The Balaban J connectivity index is 1.88. The lowest BCUT2D eigenvalue weighted by Crippen LogP contribution is -2.29. The molecule has 1 aliphatic carbocycles. The first kappa shape index (κ1) is 19.8. The molecule has 0 aromatic heterocycles. The molecule has 1 aromatic rings. The highest BCUT2D eigenvalue weighted by molar-refractivity contribution is 5.38. The molecule has 0 spiro atoms. The predicted octanol–water partition coefficient (Wildman–Crippen LogP) is 5.11. The minimum Gasteiger partial charge on any atom is -0.497 e. The summed E-state index contributed by atoms with van der Waals surface area (Å²) in [6.45, 7) is 4.11. The van der Waals surface area contributed by atoms with Gasteiger partial charge in [-0.05, 0) is 60.9 Å². The molecule has 146 valence electrons. The van der Waals surface area contributed by atoms with E-state index in [1.54, 1.807) is 13.2 Å². The van der Waals surface area contributed by atoms with Crippen LogP contribution in [-0.2, 0) is 22.3 Å². The van der Waals surface area contributed by atoms with E-state index in [0.29, 0.717) is 31.4 Å². The molecule has 1 aliphatic heterocycles. The molecule has 3 nitrogen and oxygen atoms in total. The number of aliphatic hydroxyl groups is 1. The van der Waals surface area contributed by atoms with E-state index in [4.69, 9.17) is 9.47 Å². The largest absolute Gasteiger partial charge is 0.497 e. The van der Waals surface area contributed by atoms with Crippen LogP contribution < -0.4 is 0 Å². The van der Waals surface area contributed by atoms with Gasteiger partial charge < -0.3 is 14.6 Å². The zero-order valence-electron chi connectivity index (χ0n) is 16.4. The number of hydrogen-bond acceptors (Lipinski definition) is 3. The molecule has 3 unspecified atom stereocenters. The summed E-state index contributed by atoms with van der Waals surface area (Å²) in [6, 6.07) is 6.39. The smallest absolute Gasteiger partial charge is 0.126 e. The first-order valence-electron chi connectivity index (χ1n) is 9.74. The predicted molar refractivity (Wildman–Crippen MR) is 105 cm³/mol. The minimum atomic E-state index is -0.336. The quantitative estimate of drug-likeness (QED) is 0.781. The summed E-state index contributed by atoms with van der Waals surface area (Å²) < 4.78 is 25.8. The molecular weight excluding hydrogens is 343 g/mol. The molecule has 3 atom stereocenters. The first-order valence-corrected chi connectivity index (χ1v) is 9.74. The summed E-state index contributed by atoms with van der Waals surface area (Å²) in [6.07, 6.45) is 8.09. The van der Waals surface area contributed by atoms with Gasteiger partial charge in [0.25, 0.3) is 0 Å². The minimum absolute atomic E-state index is 0.0391. The van der Waals surface area contributed by atoms with Crippen molar-refractivity contribution in [3.05, 3.63) is 70.3 Å². The third-order valence-electron chi connectivity index (χ3n) is 5.25. The maximum Gasteiger partial charge on any atom is 0.126 e. The van der Waals surface area contributed by atoms with E-state index in [1.807, 2.05) is 13.0 Å². The van der Waals surface area contributed by atoms with Gasteiger partial charge in [-0.15, -0.1) is 0 Å². The van der Waals surface area contributed by atoms with Crippen molar-refractivity contribution in [1.82, 2.24) is 0 Å². The third-order valence-corrected chi connectivity index (χ3v) is 5.25. The van der Waals surface area contributed by atoms with Crippen molar-refractivity contribution in [2.24, 2.45) is 0 Å². The molecule has 0 amide bonds. The van der Waals surface area contributed by atoms with Gasteiger partial charge in [0.2, 0.25) is 0 Å². The van der Waals surface area contributed by atoms with Gasteiger partial charge in [0.15, 0.2) is 0 Å². The van der Waals surface area contributed by atoms with E-state index in [9.17, 15) is 9.50 Å². The van der Waals surface area contributed by atoms with Crippen LogP contribution >= 0.6 is 0 Å². The van der Waals surface area contributed by atoms with Gasteiger partial charge in [-0.2, -0.15) is 0 Å². The van der Waals surface area contributed by atoms with Crippen molar-refractivity contribution < 1.29 is 19.0 Å². The summed E-state index contributed by atoms with van der Waals surface area (Å²) in [5.74, 6) is 0.308. The molecule has 0 radical (unpaired) electrons. The van der Waals surface area contributed by atoms with E-state index in [1.165, 1.54) is 11.6 Å². The van der Waals surface area contributed by atoms with Crippen molar-refractivity contribution in [2.45, 2.75) is 64.3 Å². The lowest BCUT2D eigenvalue weighted by molar-refractivity contribution is -0.0895. The molecule has 27 heavy (non-hydrogen) atoms. The average Bonchev–Trinajstić information content (AvgIpc) is 2.82. The lowest BCUT2D eigenvalue weighted by atomic mass is 9.91. The van der Waals surface area contributed by atoms with Gasteiger partial charge in [0.1, 0.15) is 11.6 Å². The summed E-state index contributed by atoms with van der Waals surface area (Å²) >= 11 is 0. The number of rotatable bonds is 5. The maximum atomic E-state index is 14.6. The van der Waals surface area contributed by atoms with Gasteiger partial charge in [0.05, 0.1) is 25.4 Å². The summed E-state index contributed by atoms with van der Waals surface area (Å²) in [7, 11) is 1.55. The van der Waals surface area contributed by atoms with Crippen LogP contribution in [0, 0.1) is 0 Å². The fourth-order valence-corrected chi connectivity index (χ4v) is 3.84. The number of ether oxygens (including phenoxy) is 2. The highest BCUT2D eigenvalue weighted by Crippen LogP contribution is 2.33. The van der Waals surface area contributed by atoms with Crippen LogP contribution in [0.5, 0.6) is 0 Å². The second-order valence-electron chi connectivity index (χ2n) is 7.48. The second kappa shape index (κ2) is 8.85. The molecule has 0 bridgehead atoms. The standard InChI is InChI=1S/C23H29FO3/c1-4-16-9-17(11-18-6-5-7-21(26-3)14-22(18)24)12-19(10-16)23-13-20(25)8-15(2)27-23/h5,7,9-10,12,14-15,20,23,25H,4,6,8,11,13H2,1-3H3. The summed E-state index contributed by atoms with van der Waals surface area (Å²) in [4.78, 5) is 0. The first-order chi connectivity index (χ1) is 13.0. The fourth-order valence-electron chi connectivity index (χ4n) is 3.84. The molecular formula is C23H29FO3. The van der Waals surface area contributed by atoms with E-state index in [2.05, 4.69) is 25.1 Å². The number of hydrogen-bond donors (Lipinski definition) is 1. The average molecular weight is 372 g/mol. The number of benzene rings is 1. The van der Waals surface area contributed by atoms with Gasteiger partial charge in [-0.25, -0.2) is 4.39 Å². The SMILES string of the molecule is CCc1cc(CC2=C(F)C=C(OC)C=CC2)cc(C2CC(O)CC(C)O2)c1. The van der Waals surface area contributed by atoms with Crippen molar-refractivity contribution in [2.75, 3.05) is 7.11 Å². The van der Waals surface area contributed by atoms with Crippen LogP contribution in [0.3, 0.4) is 0 Å². The molecule has 1 heterocycles. The lowest BCUT2D eigenvalue weighted by Gasteiger charge is -2.32. The number of aliphatic hydroxyl groups excluding tert-OH is 1. The molecule has 1 N–H and O–H groups in total. The van der Waals surface area contributed by atoms with Crippen molar-refractivity contribution in [1.29, 1.82) is 0 Å². The molecule has 2 aliphatic rings. The second-order valence-corrected chi connectivity index (χ2v) is 7.48. The van der Waals surface area contributed by atoms with Crippen molar-refractivity contribution in [3.63, 3.8) is 0 Å². The zero-order chi connectivity index (χ0) is 19.4. The molecule has 1 aromatic carbocycles. The summed E-state index contributed by atoms with van der Waals surface area (Å²) in [5.41, 5.74) is 4.11. The Morgan fingerprint density at radius 3 is 2.70 bits per heavy atom. The van der Waals surface area contributed by atoms with Gasteiger partial charge in [-0.3, -0.25) is 0 Å². The van der Waals surface area contributed by atoms with Crippen LogP contribution in [0.1, 0.15) is 55.9 Å². The van der Waals surface area contributed by atoms with Crippen molar-refractivity contribution in [3.8, 4) is 0 Å². The Morgan fingerprint density at radius 1 is 1.22 bits per heavy atom. The Kier molecular flexibility index (Phi) is 6.51. The highest BCUT2D eigenvalue weighted by atomic mass is 19.1. The topological polar surface area (TPSA) is 38.7 Å². The highest BCUT2D eigenvalue weighted by Gasteiger charge is 2.27. The van der Waals surface area contributed by atoms with Crippen molar-refractivity contribution >= 4 is 0 Å². The van der Waals surface area contributed by atoms with E-state index < -0.39 is 0 Å². The molecule has 0 saturated carbocycles. The van der Waals surface area contributed by atoms with Crippen LogP contribution in [0.4, 0.5) is 4.39 Å². The summed E-state index contributed by atoms with van der Waals surface area (Å²) in [5, 5.41) is 10.1. The number of methoxy groups -OCH3 is 1. The Morgan fingerprint density at radius 2 is 2.00 bits per heavy atom. The molecule has 1 fully saturated rings. The van der Waals surface area contributed by atoms with E-state index >= 15 is 0 Å². The normalized spacial score (nSPS) is 26.0. The Bertz CT molecular complexity index is 753. The molecule has 3 rings (SSSR count). The maximum absolute atomic E-state index is 14.6. The monoisotopic (exact) mass is 372 g/mol. The van der Waals surface area contributed by atoms with Gasteiger partial charge in [-0.1, -0.05) is 31.2 Å². The van der Waals surface area contributed by atoms with E-state index in [0.717, 1.165) is 23.1 Å². The molecule has 4 heteroatoms. The van der Waals surface area contributed by atoms with E-state index in [-0.39, 0.29) is 24.1 Å². The van der Waals surface area contributed by atoms with Crippen LogP contribution in [0.25, 0.3) is 0 Å². The number of aryl methyl sites for hydroxylation is 1. The third kappa shape index (κ3) is 5.08. The molecule has 1 saturated heterocycles. The van der Waals surface area contributed by atoms with Crippen LogP contribution in [0.2, 0.25) is 0 Å². The number of halogens is 1. The fraction of sp³-hybridized carbons (Fsp3) is 0.478.